The van der Waals surface area contributed by atoms with Crippen LogP contribution >= 0.6 is 24.0 Å². The van der Waals surface area contributed by atoms with Crippen LogP contribution in [-0.2, 0) is 4.74 Å². The normalized spacial score (nSPS) is 34.6. The Kier molecular flexibility index (Phi) is 5.99. The molecule has 22 heavy (non-hydrogen) atoms. The zero-order valence-electron chi connectivity index (χ0n) is 13.9. The molecule has 3 atom stereocenters. The minimum Gasteiger partial charge on any atom is -0.393 e. The molecule has 1 saturated carbocycles. The number of aliphatic imine (C=N–C) groups is 1. The molecule has 0 spiro atoms. The first-order valence-electron chi connectivity index (χ1n) is 8.39. The minimum atomic E-state index is -0.142. The van der Waals surface area contributed by atoms with Crippen molar-refractivity contribution in [1.82, 2.24) is 10.2 Å². The summed E-state index contributed by atoms with van der Waals surface area (Å²) in [7, 11) is 0. The number of aliphatic hydroxyl groups excluding tert-OH is 1. The lowest BCUT2D eigenvalue weighted by Crippen LogP contribution is -2.68. The molecular formula is C16H30IN3O2. The van der Waals surface area contributed by atoms with E-state index in [0.717, 1.165) is 51.5 Å². The van der Waals surface area contributed by atoms with Crippen LogP contribution in [0.3, 0.4) is 0 Å². The third kappa shape index (κ3) is 3.24. The molecule has 2 heterocycles. The largest absolute Gasteiger partial charge is 0.393 e. The summed E-state index contributed by atoms with van der Waals surface area (Å²) in [6.45, 7) is 10.1. The highest BCUT2D eigenvalue weighted by atomic mass is 127. The van der Waals surface area contributed by atoms with Crippen LogP contribution in [-0.4, -0.2) is 60.5 Å². The Balaban J connectivity index is 0.00000176. The van der Waals surface area contributed by atoms with Gasteiger partial charge >= 0.3 is 0 Å². The van der Waals surface area contributed by atoms with E-state index in [4.69, 9.17) is 4.74 Å². The SMILES string of the molecule is CCN=C(NC1C2CCOC2C1(C)C)N1CCC(O)CC1.I. The Morgan fingerprint density at radius 1 is 1.32 bits per heavy atom. The first kappa shape index (κ1) is 18.3. The Morgan fingerprint density at radius 2 is 2.00 bits per heavy atom. The lowest BCUT2D eigenvalue weighted by atomic mass is 9.57. The van der Waals surface area contributed by atoms with E-state index in [1.165, 1.54) is 0 Å². The topological polar surface area (TPSA) is 57.1 Å². The minimum absolute atomic E-state index is 0. The van der Waals surface area contributed by atoms with Gasteiger partial charge in [-0.05, 0) is 26.2 Å². The average Bonchev–Trinajstić information content (AvgIpc) is 2.91. The molecule has 2 N–H and O–H groups in total. The number of likely N-dealkylation sites (tertiary alicyclic amines) is 1. The maximum absolute atomic E-state index is 9.68. The number of rotatable bonds is 2. The summed E-state index contributed by atoms with van der Waals surface area (Å²) >= 11 is 0. The van der Waals surface area contributed by atoms with Crippen LogP contribution in [0.2, 0.25) is 0 Å². The number of hydrogen-bond donors (Lipinski definition) is 2. The Morgan fingerprint density at radius 3 is 2.64 bits per heavy atom. The highest BCUT2D eigenvalue weighted by Crippen LogP contribution is 2.52. The van der Waals surface area contributed by atoms with Crippen molar-refractivity contribution in [2.75, 3.05) is 26.2 Å². The lowest BCUT2D eigenvalue weighted by Gasteiger charge is -2.55. The molecule has 0 aromatic heterocycles. The van der Waals surface area contributed by atoms with Gasteiger partial charge in [-0.25, -0.2) is 0 Å². The molecule has 0 radical (unpaired) electrons. The third-order valence-corrected chi connectivity index (χ3v) is 5.46. The Labute approximate surface area is 150 Å². The van der Waals surface area contributed by atoms with Crippen LogP contribution in [0.15, 0.2) is 4.99 Å². The van der Waals surface area contributed by atoms with E-state index in [2.05, 4.69) is 36.0 Å². The Hall–Kier alpha value is -0.0800. The maximum Gasteiger partial charge on any atom is 0.194 e. The molecular weight excluding hydrogens is 393 g/mol. The molecule has 2 saturated heterocycles. The molecule has 0 amide bonds. The van der Waals surface area contributed by atoms with Gasteiger partial charge in [0.2, 0.25) is 0 Å². The number of fused-ring (bicyclic) bond motifs is 1. The summed E-state index contributed by atoms with van der Waals surface area (Å²) in [5, 5.41) is 13.4. The maximum atomic E-state index is 9.68. The summed E-state index contributed by atoms with van der Waals surface area (Å²) in [4.78, 5) is 6.98. The van der Waals surface area contributed by atoms with Crippen molar-refractivity contribution < 1.29 is 9.84 Å². The van der Waals surface area contributed by atoms with Crippen molar-refractivity contribution in [2.45, 2.75) is 58.3 Å². The van der Waals surface area contributed by atoms with E-state index in [0.29, 0.717) is 18.1 Å². The number of nitrogens with zero attached hydrogens (tertiary/aromatic N) is 2. The van der Waals surface area contributed by atoms with Gasteiger partial charge < -0.3 is 20.1 Å². The van der Waals surface area contributed by atoms with E-state index in [1.807, 2.05) is 0 Å². The zero-order valence-corrected chi connectivity index (χ0v) is 16.2. The first-order chi connectivity index (χ1) is 10.0. The van der Waals surface area contributed by atoms with E-state index >= 15 is 0 Å². The van der Waals surface area contributed by atoms with Gasteiger partial charge in [-0.3, -0.25) is 4.99 Å². The van der Waals surface area contributed by atoms with Crippen molar-refractivity contribution >= 4 is 29.9 Å². The molecule has 6 heteroatoms. The Bertz CT molecular complexity index is 408. The molecule has 2 aliphatic heterocycles. The van der Waals surface area contributed by atoms with Crippen molar-refractivity contribution in [3.05, 3.63) is 0 Å². The summed E-state index contributed by atoms with van der Waals surface area (Å²) in [6.07, 6.45) is 3.10. The molecule has 0 aromatic carbocycles. The van der Waals surface area contributed by atoms with Crippen molar-refractivity contribution in [3.63, 3.8) is 0 Å². The van der Waals surface area contributed by atoms with Crippen molar-refractivity contribution in [2.24, 2.45) is 16.3 Å². The third-order valence-electron chi connectivity index (χ3n) is 5.46. The van der Waals surface area contributed by atoms with Gasteiger partial charge in [-0.2, -0.15) is 0 Å². The summed E-state index contributed by atoms with van der Waals surface area (Å²) in [6, 6.07) is 0.446. The predicted molar refractivity (Wildman–Crippen MR) is 98.8 cm³/mol. The highest BCUT2D eigenvalue weighted by Gasteiger charge is 2.59. The van der Waals surface area contributed by atoms with Crippen LogP contribution in [0.5, 0.6) is 0 Å². The van der Waals surface area contributed by atoms with Crippen molar-refractivity contribution in [3.8, 4) is 0 Å². The van der Waals surface area contributed by atoms with E-state index < -0.39 is 0 Å². The summed E-state index contributed by atoms with van der Waals surface area (Å²) in [5.41, 5.74) is 0.172. The second kappa shape index (κ2) is 7.21. The molecule has 5 nitrogen and oxygen atoms in total. The molecule has 3 unspecified atom stereocenters. The van der Waals surface area contributed by atoms with Gasteiger partial charge in [0, 0.05) is 43.6 Å². The monoisotopic (exact) mass is 423 g/mol. The fourth-order valence-corrected chi connectivity index (χ4v) is 4.22. The first-order valence-corrected chi connectivity index (χ1v) is 8.39. The molecule has 3 fully saturated rings. The summed E-state index contributed by atoms with van der Waals surface area (Å²) in [5.74, 6) is 1.64. The second-order valence-corrected chi connectivity index (χ2v) is 7.20. The average molecular weight is 423 g/mol. The number of aliphatic hydroxyl groups is 1. The molecule has 3 aliphatic rings. The quantitative estimate of drug-likeness (QED) is 0.405. The number of guanidine groups is 1. The van der Waals surface area contributed by atoms with E-state index in [1.54, 1.807) is 0 Å². The lowest BCUT2D eigenvalue weighted by molar-refractivity contribution is -0.107. The smallest absolute Gasteiger partial charge is 0.194 e. The van der Waals surface area contributed by atoms with E-state index in [-0.39, 0.29) is 35.5 Å². The van der Waals surface area contributed by atoms with E-state index in [9.17, 15) is 5.11 Å². The molecule has 3 rings (SSSR count). The molecule has 128 valence electrons. The van der Waals surface area contributed by atoms with Crippen LogP contribution in [0.25, 0.3) is 0 Å². The molecule has 0 aromatic rings. The fourth-order valence-electron chi connectivity index (χ4n) is 4.22. The van der Waals surface area contributed by atoms with Crippen LogP contribution in [0, 0.1) is 11.3 Å². The standard InChI is InChI=1S/C16H29N3O2.HI/c1-4-17-15(19-8-5-11(20)6-9-19)18-13-12-7-10-21-14(12)16(13,2)3;/h11-14,20H,4-10H2,1-3H3,(H,17,18);1H. The van der Waals surface area contributed by atoms with Gasteiger partial charge in [-0.15, -0.1) is 24.0 Å². The fraction of sp³-hybridized carbons (Fsp3) is 0.938. The number of hydrogen-bond acceptors (Lipinski definition) is 3. The van der Waals surface area contributed by atoms with Crippen LogP contribution in [0.1, 0.15) is 40.0 Å². The number of piperidine rings is 1. The summed E-state index contributed by atoms with van der Waals surface area (Å²) < 4.78 is 5.87. The number of halogens is 1. The number of nitrogens with one attached hydrogen (secondary N) is 1. The van der Waals surface area contributed by atoms with Gasteiger partial charge in [0.05, 0.1) is 12.2 Å². The van der Waals surface area contributed by atoms with Crippen LogP contribution in [0.4, 0.5) is 0 Å². The molecule has 0 bridgehead atoms. The van der Waals surface area contributed by atoms with Gasteiger partial charge in [0.1, 0.15) is 0 Å². The second-order valence-electron chi connectivity index (χ2n) is 7.20. The predicted octanol–water partition coefficient (Wildman–Crippen LogP) is 1.84. The zero-order chi connectivity index (χ0) is 15.0. The van der Waals surface area contributed by atoms with Gasteiger partial charge in [0.25, 0.3) is 0 Å². The number of ether oxygens (including phenoxy) is 1. The van der Waals surface area contributed by atoms with Crippen molar-refractivity contribution in [1.29, 1.82) is 0 Å². The van der Waals surface area contributed by atoms with Crippen LogP contribution < -0.4 is 5.32 Å². The molecule has 1 aliphatic carbocycles. The van der Waals surface area contributed by atoms with Gasteiger partial charge in [0.15, 0.2) is 5.96 Å². The van der Waals surface area contributed by atoms with Gasteiger partial charge in [-0.1, -0.05) is 13.8 Å². The highest BCUT2D eigenvalue weighted by molar-refractivity contribution is 14.0.